The quantitative estimate of drug-likeness (QED) is 0.869. The molecule has 1 aromatic rings. The number of nitrogens with zero attached hydrogens (tertiary/aromatic N) is 1. The lowest BCUT2D eigenvalue weighted by Crippen LogP contribution is -2.31. The second-order valence-corrected chi connectivity index (χ2v) is 5.64. The van der Waals surface area contributed by atoms with Crippen LogP contribution in [0.1, 0.15) is 29.6 Å². The van der Waals surface area contributed by atoms with E-state index in [1.807, 2.05) is 0 Å². The molecule has 3 N–H and O–H groups in total. The fraction of sp³-hybridized carbons (Fsp3) is 0.467. The van der Waals surface area contributed by atoms with Gasteiger partial charge in [0.25, 0.3) is 5.91 Å². The van der Waals surface area contributed by atoms with Gasteiger partial charge in [0.15, 0.2) is 0 Å². The molecule has 2 aliphatic rings. The zero-order chi connectivity index (χ0) is 14.1. The molecule has 0 aromatic heterocycles. The van der Waals surface area contributed by atoms with Crippen molar-refractivity contribution in [2.45, 2.75) is 25.3 Å². The molecular weight excluding hydrogens is 254 g/mol. The summed E-state index contributed by atoms with van der Waals surface area (Å²) >= 11 is 0. The van der Waals surface area contributed by atoms with Crippen molar-refractivity contribution in [1.82, 2.24) is 4.90 Å². The van der Waals surface area contributed by atoms with Crippen LogP contribution in [0.2, 0.25) is 0 Å². The van der Waals surface area contributed by atoms with Gasteiger partial charge in [0, 0.05) is 36.3 Å². The van der Waals surface area contributed by atoms with Crippen molar-refractivity contribution >= 4 is 17.5 Å². The van der Waals surface area contributed by atoms with Crippen LogP contribution in [0.5, 0.6) is 0 Å². The minimum Gasteiger partial charge on any atom is -0.337 e. The third-order valence-corrected chi connectivity index (χ3v) is 3.86. The Balaban J connectivity index is 1.63. The summed E-state index contributed by atoms with van der Waals surface area (Å²) < 4.78 is 0. The molecule has 106 valence electrons. The minimum atomic E-state index is 0.0121. The number of carbonyl (C=O) groups is 2. The van der Waals surface area contributed by atoms with Crippen molar-refractivity contribution in [3.05, 3.63) is 29.8 Å². The molecule has 0 unspecified atom stereocenters. The van der Waals surface area contributed by atoms with Gasteiger partial charge in [0.2, 0.25) is 5.91 Å². The minimum absolute atomic E-state index is 0.0121. The number of nitrogens with two attached hydrogens (primary N) is 1. The maximum atomic E-state index is 12.2. The highest BCUT2D eigenvalue weighted by atomic mass is 16.2. The van der Waals surface area contributed by atoms with Crippen LogP contribution in [0.25, 0.3) is 0 Å². The van der Waals surface area contributed by atoms with Crippen molar-refractivity contribution in [1.29, 1.82) is 0 Å². The number of amides is 2. The third-order valence-electron chi connectivity index (χ3n) is 3.86. The average Bonchev–Trinajstić information content (AvgIpc) is 3.21. The lowest BCUT2D eigenvalue weighted by molar-refractivity contribution is -0.117. The van der Waals surface area contributed by atoms with Gasteiger partial charge in [0.05, 0.1) is 0 Å². The maximum Gasteiger partial charge on any atom is 0.253 e. The number of anilines is 1. The summed E-state index contributed by atoms with van der Waals surface area (Å²) in [6.07, 6.45) is 2.83. The molecule has 1 heterocycles. The molecular formula is C15H19N3O2. The smallest absolute Gasteiger partial charge is 0.253 e. The third kappa shape index (κ3) is 2.82. The van der Waals surface area contributed by atoms with E-state index in [1.165, 1.54) is 0 Å². The van der Waals surface area contributed by atoms with Crippen molar-refractivity contribution in [3.8, 4) is 0 Å². The first-order valence-corrected chi connectivity index (χ1v) is 7.09. The molecule has 1 aliphatic carbocycles. The molecule has 0 radical (unpaired) electrons. The first kappa shape index (κ1) is 13.1. The summed E-state index contributed by atoms with van der Waals surface area (Å²) in [6.45, 7) is 1.35. The van der Waals surface area contributed by atoms with E-state index in [4.69, 9.17) is 5.73 Å². The summed E-state index contributed by atoms with van der Waals surface area (Å²) in [7, 11) is 0. The Bertz CT molecular complexity index is 522. The lowest BCUT2D eigenvalue weighted by Gasteiger charge is -2.16. The zero-order valence-electron chi connectivity index (χ0n) is 11.3. The predicted molar refractivity (Wildman–Crippen MR) is 76.3 cm³/mol. The second-order valence-electron chi connectivity index (χ2n) is 5.64. The predicted octanol–water partition coefficient (Wildman–Crippen LogP) is 1.21. The molecule has 20 heavy (non-hydrogen) atoms. The second kappa shape index (κ2) is 5.25. The molecule has 2 amide bonds. The van der Waals surface area contributed by atoms with Crippen LogP contribution in [-0.2, 0) is 4.79 Å². The molecule has 0 bridgehead atoms. The van der Waals surface area contributed by atoms with E-state index in [0.717, 1.165) is 31.5 Å². The Hall–Kier alpha value is -1.88. The Morgan fingerprint density at radius 2 is 1.85 bits per heavy atom. The van der Waals surface area contributed by atoms with Crippen LogP contribution in [0.15, 0.2) is 24.3 Å². The molecule has 1 saturated carbocycles. The lowest BCUT2D eigenvalue weighted by atomic mass is 10.2. The molecule has 1 atom stereocenters. The van der Waals surface area contributed by atoms with E-state index < -0.39 is 0 Å². The van der Waals surface area contributed by atoms with E-state index in [-0.39, 0.29) is 23.8 Å². The molecule has 5 heteroatoms. The largest absolute Gasteiger partial charge is 0.337 e. The highest BCUT2D eigenvalue weighted by Crippen LogP contribution is 2.30. The van der Waals surface area contributed by atoms with Gasteiger partial charge in [-0.25, -0.2) is 0 Å². The van der Waals surface area contributed by atoms with E-state index >= 15 is 0 Å². The zero-order valence-corrected chi connectivity index (χ0v) is 11.3. The first-order valence-electron chi connectivity index (χ1n) is 7.09. The van der Waals surface area contributed by atoms with Gasteiger partial charge in [-0.05, 0) is 43.5 Å². The van der Waals surface area contributed by atoms with Crippen LogP contribution in [0, 0.1) is 5.92 Å². The normalized spacial score (nSPS) is 21.9. The maximum absolute atomic E-state index is 12.2. The van der Waals surface area contributed by atoms with Gasteiger partial charge in [-0.2, -0.15) is 0 Å². The topological polar surface area (TPSA) is 75.4 Å². The van der Waals surface area contributed by atoms with Crippen LogP contribution < -0.4 is 11.1 Å². The van der Waals surface area contributed by atoms with E-state index in [0.29, 0.717) is 12.1 Å². The number of rotatable bonds is 3. The average molecular weight is 273 g/mol. The molecule has 0 spiro atoms. The van der Waals surface area contributed by atoms with Gasteiger partial charge in [0.1, 0.15) is 0 Å². The standard InChI is InChI=1S/C15H19N3O2/c16-12-7-8-18(9-12)15(20)11-3-5-13(6-4-11)17-14(19)10-1-2-10/h3-6,10,12H,1-2,7-9,16H2,(H,17,19)/t12-/m1/s1. The van der Waals surface area contributed by atoms with E-state index in [9.17, 15) is 9.59 Å². The van der Waals surface area contributed by atoms with Gasteiger partial charge in [-0.1, -0.05) is 0 Å². The number of hydrogen-bond donors (Lipinski definition) is 2. The summed E-state index contributed by atoms with van der Waals surface area (Å²) in [5.74, 6) is 0.273. The van der Waals surface area contributed by atoms with Gasteiger partial charge in [-0.15, -0.1) is 0 Å². The number of nitrogens with one attached hydrogen (secondary N) is 1. The van der Waals surface area contributed by atoms with Gasteiger partial charge in [-0.3, -0.25) is 9.59 Å². The SMILES string of the molecule is N[C@@H]1CCN(C(=O)c2ccc(NC(=O)C3CC3)cc2)C1. The van der Waals surface area contributed by atoms with Crippen LogP contribution >= 0.6 is 0 Å². The Labute approximate surface area is 118 Å². The number of carbonyl (C=O) groups excluding carboxylic acids is 2. The molecule has 3 rings (SSSR count). The first-order chi connectivity index (χ1) is 9.63. The molecule has 2 fully saturated rings. The Morgan fingerprint density at radius 1 is 1.15 bits per heavy atom. The van der Waals surface area contributed by atoms with Crippen LogP contribution in [0.4, 0.5) is 5.69 Å². The van der Waals surface area contributed by atoms with Crippen molar-refractivity contribution in [2.75, 3.05) is 18.4 Å². The van der Waals surface area contributed by atoms with E-state index in [1.54, 1.807) is 29.2 Å². The molecule has 5 nitrogen and oxygen atoms in total. The number of hydrogen-bond acceptors (Lipinski definition) is 3. The van der Waals surface area contributed by atoms with Crippen molar-refractivity contribution in [2.24, 2.45) is 11.7 Å². The van der Waals surface area contributed by atoms with Gasteiger partial charge < -0.3 is 16.0 Å². The molecule has 1 aliphatic heterocycles. The summed E-state index contributed by atoms with van der Waals surface area (Å²) in [6, 6.07) is 7.17. The summed E-state index contributed by atoms with van der Waals surface area (Å²) in [5.41, 5.74) is 7.20. The highest BCUT2D eigenvalue weighted by molar-refractivity contribution is 5.96. The van der Waals surface area contributed by atoms with Crippen molar-refractivity contribution < 1.29 is 9.59 Å². The number of likely N-dealkylation sites (tertiary alicyclic amines) is 1. The Morgan fingerprint density at radius 3 is 2.40 bits per heavy atom. The summed E-state index contributed by atoms with van der Waals surface area (Å²) in [5, 5.41) is 2.86. The fourth-order valence-corrected chi connectivity index (χ4v) is 2.44. The monoisotopic (exact) mass is 273 g/mol. The van der Waals surface area contributed by atoms with Crippen LogP contribution in [-0.4, -0.2) is 35.8 Å². The summed E-state index contributed by atoms with van der Waals surface area (Å²) in [4.78, 5) is 25.6. The van der Waals surface area contributed by atoms with Gasteiger partial charge >= 0.3 is 0 Å². The number of benzene rings is 1. The molecule has 1 aromatic carbocycles. The fourth-order valence-electron chi connectivity index (χ4n) is 2.44. The van der Waals surface area contributed by atoms with Crippen LogP contribution in [0.3, 0.4) is 0 Å². The molecule has 1 saturated heterocycles. The van der Waals surface area contributed by atoms with E-state index in [2.05, 4.69) is 5.32 Å². The van der Waals surface area contributed by atoms with Crippen molar-refractivity contribution in [3.63, 3.8) is 0 Å². The Kier molecular flexibility index (Phi) is 3.44. The highest BCUT2D eigenvalue weighted by Gasteiger charge is 2.29.